The molecule has 0 saturated heterocycles. The molecule has 6 heteroatoms. The predicted octanol–water partition coefficient (Wildman–Crippen LogP) is 4.14. The lowest BCUT2D eigenvalue weighted by molar-refractivity contribution is 0.0270. The van der Waals surface area contributed by atoms with Crippen LogP contribution in [-0.2, 0) is 4.74 Å². The Hall–Kier alpha value is -1.28. The zero-order valence-corrected chi connectivity index (χ0v) is 16.9. The van der Waals surface area contributed by atoms with Gasteiger partial charge in [0, 0.05) is 31.4 Å². The SMILES string of the molecule is CNc1cc(C2=CCN(C(=O)OC(C)(C)C)CC2)ccc1C(N)I. The topological polar surface area (TPSA) is 67.6 Å². The van der Waals surface area contributed by atoms with Gasteiger partial charge < -0.3 is 20.7 Å². The van der Waals surface area contributed by atoms with Gasteiger partial charge in [-0.05, 0) is 44.4 Å². The molecule has 3 N–H and O–H groups in total. The van der Waals surface area contributed by atoms with Crippen molar-refractivity contribution < 1.29 is 9.53 Å². The highest BCUT2D eigenvalue weighted by molar-refractivity contribution is 14.1. The maximum atomic E-state index is 12.1. The van der Waals surface area contributed by atoms with Crippen molar-refractivity contribution in [2.45, 2.75) is 36.8 Å². The highest BCUT2D eigenvalue weighted by atomic mass is 127. The summed E-state index contributed by atoms with van der Waals surface area (Å²) in [4.78, 5) is 13.9. The first-order chi connectivity index (χ1) is 11.2. The number of amides is 1. The molecule has 1 aromatic rings. The van der Waals surface area contributed by atoms with Crippen molar-refractivity contribution in [3.63, 3.8) is 0 Å². The molecule has 0 bridgehead atoms. The van der Waals surface area contributed by atoms with Crippen molar-refractivity contribution in [2.75, 3.05) is 25.5 Å². The average Bonchev–Trinajstić information content (AvgIpc) is 2.52. The van der Waals surface area contributed by atoms with Crippen LogP contribution in [0.2, 0.25) is 0 Å². The van der Waals surface area contributed by atoms with Crippen LogP contribution < -0.4 is 11.1 Å². The number of carbonyl (C=O) groups excluding carboxylic acids is 1. The summed E-state index contributed by atoms with van der Waals surface area (Å²) in [6.45, 7) is 6.90. The lowest BCUT2D eigenvalue weighted by Crippen LogP contribution is -2.39. The first-order valence-corrected chi connectivity index (χ1v) is 9.34. The van der Waals surface area contributed by atoms with Gasteiger partial charge in [0.15, 0.2) is 0 Å². The van der Waals surface area contributed by atoms with E-state index in [1.165, 1.54) is 11.1 Å². The Balaban J connectivity index is 2.11. The number of benzene rings is 1. The van der Waals surface area contributed by atoms with Crippen molar-refractivity contribution in [3.05, 3.63) is 35.4 Å². The number of carbonyl (C=O) groups is 1. The molecule has 1 unspecified atom stereocenters. The lowest BCUT2D eigenvalue weighted by atomic mass is 9.97. The highest BCUT2D eigenvalue weighted by Gasteiger charge is 2.24. The van der Waals surface area contributed by atoms with Crippen LogP contribution >= 0.6 is 22.6 Å². The summed E-state index contributed by atoms with van der Waals surface area (Å²) < 4.78 is 5.39. The number of nitrogens with one attached hydrogen (secondary N) is 1. The number of ether oxygens (including phenoxy) is 1. The Labute approximate surface area is 157 Å². The number of hydrogen-bond acceptors (Lipinski definition) is 4. The van der Waals surface area contributed by atoms with Crippen LogP contribution in [-0.4, -0.2) is 36.7 Å². The number of hydrogen-bond donors (Lipinski definition) is 2. The molecule has 0 spiro atoms. The number of rotatable bonds is 3. The Kier molecular flexibility index (Phi) is 6.14. The smallest absolute Gasteiger partial charge is 0.410 e. The van der Waals surface area contributed by atoms with Crippen LogP contribution in [0.5, 0.6) is 0 Å². The minimum atomic E-state index is -0.462. The average molecular weight is 443 g/mol. The Morgan fingerprint density at radius 2 is 2.12 bits per heavy atom. The molecular formula is C18H26IN3O2. The van der Waals surface area contributed by atoms with E-state index in [9.17, 15) is 4.79 Å². The summed E-state index contributed by atoms with van der Waals surface area (Å²) in [6.07, 6.45) is 2.67. The number of halogens is 1. The van der Waals surface area contributed by atoms with Crippen LogP contribution in [0, 0.1) is 0 Å². The fraction of sp³-hybridized carbons (Fsp3) is 0.500. The minimum Gasteiger partial charge on any atom is -0.444 e. The van der Waals surface area contributed by atoms with E-state index in [1.54, 1.807) is 4.90 Å². The van der Waals surface area contributed by atoms with Crippen molar-refractivity contribution >= 4 is 39.9 Å². The van der Waals surface area contributed by atoms with Crippen LogP contribution in [0.1, 0.15) is 42.4 Å². The normalized spacial score (nSPS) is 16.4. The molecule has 1 aromatic carbocycles. The third kappa shape index (κ3) is 4.86. The van der Waals surface area contributed by atoms with E-state index in [-0.39, 0.29) is 10.1 Å². The summed E-state index contributed by atoms with van der Waals surface area (Å²) in [5.74, 6) is 0. The molecule has 0 radical (unpaired) electrons. The van der Waals surface area contributed by atoms with E-state index < -0.39 is 5.60 Å². The summed E-state index contributed by atoms with van der Waals surface area (Å²) in [7, 11) is 1.90. The fourth-order valence-corrected chi connectivity index (χ4v) is 3.18. The first kappa shape index (κ1) is 19.1. The number of nitrogens with two attached hydrogens (primary N) is 1. The fourth-order valence-electron chi connectivity index (χ4n) is 2.64. The molecule has 24 heavy (non-hydrogen) atoms. The summed E-state index contributed by atoms with van der Waals surface area (Å²) >= 11 is 2.21. The van der Waals surface area contributed by atoms with Gasteiger partial charge in [-0.1, -0.05) is 40.8 Å². The largest absolute Gasteiger partial charge is 0.444 e. The van der Waals surface area contributed by atoms with Crippen molar-refractivity contribution in [1.82, 2.24) is 4.90 Å². The Bertz CT molecular complexity index is 636. The summed E-state index contributed by atoms with van der Waals surface area (Å²) in [6, 6.07) is 6.30. The third-order valence-corrected chi connectivity index (χ3v) is 4.52. The van der Waals surface area contributed by atoms with E-state index >= 15 is 0 Å². The standard InChI is InChI=1S/C18H26IN3O2/c1-18(2,3)24-17(23)22-9-7-12(8-10-22)13-5-6-14(16(19)20)15(11-13)21-4/h5-7,11,16,21H,8-10,20H2,1-4H3. The maximum Gasteiger partial charge on any atom is 0.410 e. The molecule has 0 aliphatic carbocycles. The van der Waals surface area contributed by atoms with Gasteiger partial charge in [-0.2, -0.15) is 0 Å². The molecule has 1 aliphatic heterocycles. The molecule has 1 amide bonds. The van der Waals surface area contributed by atoms with Gasteiger partial charge in [-0.25, -0.2) is 4.79 Å². The molecule has 0 aromatic heterocycles. The van der Waals surface area contributed by atoms with E-state index in [4.69, 9.17) is 10.5 Å². The molecule has 1 heterocycles. The second kappa shape index (κ2) is 7.74. The van der Waals surface area contributed by atoms with E-state index in [0.717, 1.165) is 17.7 Å². The minimum absolute atomic E-state index is 0.0397. The predicted molar refractivity (Wildman–Crippen MR) is 107 cm³/mol. The molecule has 0 fully saturated rings. The van der Waals surface area contributed by atoms with Crippen molar-refractivity contribution in [2.24, 2.45) is 5.73 Å². The van der Waals surface area contributed by atoms with E-state index in [2.05, 4.69) is 52.2 Å². The van der Waals surface area contributed by atoms with Gasteiger partial charge in [-0.15, -0.1) is 0 Å². The van der Waals surface area contributed by atoms with E-state index in [0.29, 0.717) is 13.1 Å². The molecule has 1 atom stereocenters. The van der Waals surface area contributed by atoms with Gasteiger partial charge >= 0.3 is 6.09 Å². The van der Waals surface area contributed by atoms with Crippen molar-refractivity contribution in [3.8, 4) is 0 Å². The molecule has 2 rings (SSSR count). The Morgan fingerprint density at radius 3 is 2.62 bits per heavy atom. The number of alkyl halides is 1. The van der Waals surface area contributed by atoms with Crippen LogP contribution in [0.25, 0.3) is 5.57 Å². The van der Waals surface area contributed by atoms with Crippen LogP contribution in [0.4, 0.5) is 10.5 Å². The van der Waals surface area contributed by atoms with Gasteiger partial charge in [-0.3, -0.25) is 0 Å². The quantitative estimate of drug-likeness (QED) is 0.419. The molecular weight excluding hydrogens is 417 g/mol. The second-order valence-electron chi connectivity index (χ2n) is 6.86. The Morgan fingerprint density at radius 1 is 1.42 bits per heavy atom. The molecule has 1 aliphatic rings. The maximum absolute atomic E-state index is 12.1. The van der Waals surface area contributed by atoms with Crippen LogP contribution in [0.3, 0.4) is 0 Å². The monoisotopic (exact) mass is 443 g/mol. The van der Waals surface area contributed by atoms with Gasteiger partial charge in [0.2, 0.25) is 0 Å². The van der Waals surface area contributed by atoms with Crippen molar-refractivity contribution in [1.29, 1.82) is 0 Å². The van der Waals surface area contributed by atoms with Crippen LogP contribution in [0.15, 0.2) is 24.3 Å². The zero-order chi connectivity index (χ0) is 17.9. The zero-order valence-electron chi connectivity index (χ0n) is 14.7. The summed E-state index contributed by atoms with van der Waals surface area (Å²) in [5, 5.41) is 3.21. The second-order valence-corrected chi connectivity index (χ2v) is 8.20. The lowest BCUT2D eigenvalue weighted by Gasteiger charge is -2.29. The number of anilines is 1. The highest BCUT2D eigenvalue weighted by Crippen LogP contribution is 2.31. The van der Waals surface area contributed by atoms with E-state index in [1.807, 2.05) is 27.8 Å². The third-order valence-electron chi connectivity index (χ3n) is 3.85. The summed E-state index contributed by atoms with van der Waals surface area (Å²) in [5.41, 5.74) is 10.1. The number of nitrogens with zero attached hydrogens (tertiary/aromatic N) is 1. The molecule has 0 saturated carbocycles. The van der Waals surface area contributed by atoms with Gasteiger partial charge in [0.25, 0.3) is 0 Å². The van der Waals surface area contributed by atoms with Gasteiger partial charge in [0.1, 0.15) is 5.60 Å². The molecule has 132 valence electrons. The first-order valence-electron chi connectivity index (χ1n) is 8.10. The van der Waals surface area contributed by atoms with Gasteiger partial charge in [0.05, 0.1) is 4.05 Å². The molecule has 5 nitrogen and oxygen atoms in total.